The first-order chi connectivity index (χ1) is 8.65. The Kier molecular flexibility index (Phi) is 5.49. The summed E-state index contributed by atoms with van der Waals surface area (Å²) in [7, 11) is 0. The Hall–Kier alpha value is -1.71. The molecular formula is C14H16ClN3. The molecule has 94 valence electrons. The zero-order valence-corrected chi connectivity index (χ0v) is 11.4. The molecular weight excluding hydrogens is 246 g/mol. The predicted molar refractivity (Wildman–Crippen MR) is 73.4 cm³/mol. The van der Waals surface area contributed by atoms with Gasteiger partial charge in [-0.3, -0.25) is 0 Å². The SMILES string of the molecule is CCN(CC(C)C#N)c1ccc(CCl)cc1C#N. The lowest BCUT2D eigenvalue weighted by molar-refractivity contribution is 0.685. The third-order valence-electron chi connectivity index (χ3n) is 2.77. The largest absolute Gasteiger partial charge is 0.369 e. The van der Waals surface area contributed by atoms with E-state index in [-0.39, 0.29) is 5.92 Å². The highest BCUT2D eigenvalue weighted by Crippen LogP contribution is 2.23. The van der Waals surface area contributed by atoms with Crippen molar-refractivity contribution >= 4 is 17.3 Å². The highest BCUT2D eigenvalue weighted by Gasteiger charge is 2.13. The van der Waals surface area contributed by atoms with E-state index in [0.29, 0.717) is 18.0 Å². The zero-order chi connectivity index (χ0) is 13.5. The summed E-state index contributed by atoms with van der Waals surface area (Å²) in [6.07, 6.45) is 0. The van der Waals surface area contributed by atoms with Crippen molar-refractivity contribution in [2.45, 2.75) is 19.7 Å². The molecule has 1 unspecified atom stereocenters. The van der Waals surface area contributed by atoms with E-state index in [1.165, 1.54) is 0 Å². The highest BCUT2D eigenvalue weighted by molar-refractivity contribution is 6.17. The molecule has 0 bridgehead atoms. The van der Waals surface area contributed by atoms with Crippen molar-refractivity contribution in [2.75, 3.05) is 18.0 Å². The van der Waals surface area contributed by atoms with Crippen molar-refractivity contribution in [3.63, 3.8) is 0 Å². The molecule has 0 N–H and O–H groups in total. The lowest BCUT2D eigenvalue weighted by Gasteiger charge is -2.25. The van der Waals surface area contributed by atoms with Gasteiger partial charge in [-0.15, -0.1) is 11.6 Å². The van der Waals surface area contributed by atoms with Gasteiger partial charge >= 0.3 is 0 Å². The van der Waals surface area contributed by atoms with Gasteiger partial charge in [0.25, 0.3) is 0 Å². The molecule has 0 fully saturated rings. The molecule has 0 amide bonds. The number of benzene rings is 1. The normalized spacial score (nSPS) is 11.4. The van der Waals surface area contributed by atoms with E-state index in [1.54, 1.807) is 0 Å². The van der Waals surface area contributed by atoms with Crippen LogP contribution in [-0.2, 0) is 5.88 Å². The lowest BCUT2D eigenvalue weighted by atomic mass is 10.1. The van der Waals surface area contributed by atoms with E-state index in [4.69, 9.17) is 16.9 Å². The summed E-state index contributed by atoms with van der Waals surface area (Å²) in [5.41, 5.74) is 2.41. The molecule has 0 saturated heterocycles. The lowest BCUT2D eigenvalue weighted by Crippen LogP contribution is -2.28. The van der Waals surface area contributed by atoms with E-state index >= 15 is 0 Å². The Morgan fingerprint density at radius 3 is 2.61 bits per heavy atom. The molecule has 0 saturated carbocycles. The number of nitriles is 2. The Morgan fingerprint density at radius 2 is 2.11 bits per heavy atom. The molecule has 4 heteroatoms. The molecule has 1 atom stereocenters. The number of halogens is 1. The predicted octanol–water partition coefficient (Wildman–Crippen LogP) is 3.28. The molecule has 0 aliphatic rings. The van der Waals surface area contributed by atoms with Crippen LogP contribution in [0.5, 0.6) is 0 Å². The summed E-state index contributed by atoms with van der Waals surface area (Å²) in [5, 5.41) is 18.1. The Morgan fingerprint density at radius 1 is 1.39 bits per heavy atom. The van der Waals surface area contributed by atoms with Crippen molar-refractivity contribution in [3.05, 3.63) is 29.3 Å². The van der Waals surface area contributed by atoms with E-state index < -0.39 is 0 Å². The summed E-state index contributed by atoms with van der Waals surface area (Å²) in [5.74, 6) is 0.333. The fraction of sp³-hybridized carbons (Fsp3) is 0.429. The second kappa shape index (κ2) is 6.89. The average Bonchev–Trinajstić information content (AvgIpc) is 2.43. The minimum Gasteiger partial charge on any atom is -0.369 e. The van der Waals surface area contributed by atoms with Gasteiger partial charge in [0.05, 0.1) is 23.2 Å². The fourth-order valence-electron chi connectivity index (χ4n) is 1.80. The average molecular weight is 262 g/mol. The number of hydrogen-bond acceptors (Lipinski definition) is 3. The number of hydrogen-bond donors (Lipinski definition) is 0. The second-order valence-electron chi connectivity index (χ2n) is 4.17. The minimum atomic E-state index is -0.0656. The first kappa shape index (κ1) is 14.4. The van der Waals surface area contributed by atoms with Crippen molar-refractivity contribution in [1.82, 2.24) is 0 Å². The second-order valence-corrected chi connectivity index (χ2v) is 4.43. The van der Waals surface area contributed by atoms with Crippen LogP contribution in [0.25, 0.3) is 0 Å². The van der Waals surface area contributed by atoms with Crippen LogP contribution >= 0.6 is 11.6 Å². The quantitative estimate of drug-likeness (QED) is 0.765. The maximum absolute atomic E-state index is 9.19. The molecule has 3 nitrogen and oxygen atoms in total. The molecule has 0 aromatic heterocycles. The van der Waals surface area contributed by atoms with Crippen LogP contribution in [0.4, 0.5) is 5.69 Å². The van der Waals surface area contributed by atoms with Gasteiger partial charge in [0.2, 0.25) is 0 Å². The van der Waals surface area contributed by atoms with Crippen molar-refractivity contribution in [3.8, 4) is 12.1 Å². The summed E-state index contributed by atoms with van der Waals surface area (Å²) < 4.78 is 0. The maximum atomic E-state index is 9.19. The summed E-state index contributed by atoms with van der Waals surface area (Å²) in [4.78, 5) is 2.05. The fourth-order valence-corrected chi connectivity index (χ4v) is 1.97. The van der Waals surface area contributed by atoms with Crippen LogP contribution in [0.15, 0.2) is 18.2 Å². The third kappa shape index (κ3) is 3.39. The minimum absolute atomic E-state index is 0.0656. The molecule has 18 heavy (non-hydrogen) atoms. The van der Waals surface area contributed by atoms with Gasteiger partial charge in [0.15, 0.2) is 0 Å². The van der Waals surface area contributed by atoms with Gasteiger partial charge in [0, 0.05) is 19.0 Å². The molecule has 0 heterocycles. The van der Waals surface area contributed by atoms with Gasteiger partial charge in [-0.25, -0.2) is 0 Å². The summed E-state index contributed by atoms with van der Waals surface area (Å²) in [6.45, 7) is 5.28. The Balaban J connectivity index is 3.07. The van der Waals surface area contributed by atoms with Gasteiger partial charge in [-0.2, -0.15) is 10.5 Å². The molecule has 0 aliphatic carbocycles. The standard InChI is InChI=1S/C14H16ClN3/c1-3-18(10-11(2)8-16)14-5-4-12(7-15)6-13(14)9-17/h4-6,11H,3,7,10H2,1-2H3. The molecule has 1 rings (SSSR count). The van der Waals surface area contributed by atoms with Gasteiger partial charge in [0.1, 0.15) is 6.07 Å². The van der Waals surface area contributed by atoms with Crippen molar-refractivity contribution in [1.29, 1.82) is 10.5 Å². The first-order valence-electron chi connectivity index (χ1n) is 5.89. The molecule has 0 aliphatic heterocycles. The van der Waals surface area contributed by atoms with Crippen LogP contribution in [0, 0.1) is 28.6 Å². The van der Waals surface area contributed by atoms with Gasteiger partial charge in [-0.05, 0) is 31.5 Å². The van der Waals surface area contributed by atoms with E-state index in [9.17, 15) is 5.26 Å². The van der Waals surface area contributed by atoms with Gasteiger partial charge in [-0.1, -0.05) is 6.07 Å². The van der Waals surface area contributed by atoms with Crippen molar-refractivity contribution < 1.29 is 0 Å². The summed E-state index contributed by atoms with van der Waals surface area (Å²) >= 11 is 5.76. The van der Waals surface area contributed by atoms with Gasteiger partial charge < -0.3 is 4.90 Å². The Bertz CT molecular complexity index is 485. The van der Waals surface area contributed by atoms with Crippen LogP contribution < -0.4 is 4.90 Å². The van der Waals surface area contributed by atoms with Crippen LogP contribution in [0.1, 0.15) is 25.0 Å². The number of alkyl halides is 1. The number of rotatable bonds is 5. The third-order valence-corrected chi connectivity index (χ3v) is 3.08. The maximum Gasteiger partial charge on any atom is 0.101 e. The summed E-state index contributed by atoms with van der Waals surface area (Å²) in [6, 6.07) is 10.0. The first-order valence-corrected chi connectivity index (χ1v) is 6.43. The zero-order valence-electron chi connectivity index (χ0n) is 10.7. The topological polar surface area (TPSA) is 50.8 Å². The highest BCUT2D eigenvalue weighted by atomic mass is 35.5. The molecule has 0 radical (unpaired) electrons. The molecule has 1 aromatic rings. The van der Waals surface area contributed by atoms with Crippen LogP contribution in [0.3, 0.4) is 0 Å². The Labute approximate surface area is 113 Å². The number of nitrogens with zero attached hydrogens (tertiary/aromatic N) is 3. The smallest absolute Gasteiger partial charge is 0.101 e. The molecule has 0 spiro atoms. The number of anilines is 1. The monoisotopic (exact) mass is 261 g/mol. The van der Waals surface area contributed by atoms with Crippen LogP contribution in [-0.4, -0.2) is 13.1 Å². The molecule has 1 aromatic carbocycles. The van der Waals surface area contributed by atoms with Crippen molar-refractivity contribution in [2.24, 2.45) is 5.92 Å². The van der Waals surface area contributed by atoms with E-state index in [0.717, 1.165) is 17.8 Å². The van der Waals surface area contributed by atoms with E-state index in [1.807, 2.05) is 36.9 Å². The van der Waals surface area contributed by atoms with E-state index in [2.05, 4.69) is 12.1 Å². The van der Waals surface area contributed by atoms with Crippen LogP contribution in [0.2, 0.25) is 0 Å².